The monoisotopic (exact) mass is 371 g/mol. The number of aromatic nitrogens is 2. The molecule has 1 amide bonds. The Morgan fingerprint density at radius 3 is 2.38 bits per heavy atom. The summed E-state index contributed by atoms with van der Waals surface area (Å²) >= 11 is 0. The Labute approximate surface area is 148 Å². The summed E-state index contributed by atoms with van der Waals surface area (Å²) in [6, 6.07) is 4.60. The van der Waals surface area contributed by atoms with Gasteiger partial charge in [0.2, 0.25) is 5.82 Å². The molecule has 6 nitrogen and oxygen atoms in total. The zero-order valence-corrected chi connectivity index (χ0v) is 15.1. The van der Waals surface area contributed by atoms with Gasteiger partial charge >= 0.3 is 12.3 Å². The molecule has 2 rings (SSSR count). The van der Waals surface area contributed by atoms with Crippen molar-refractivity contribution >= 4 is 6.09 Å². The van der Waals surface area contributed by atoms with E-state index in [2.05, 4.69) is 15.5 Å². The van der Waals surface area contributed by atoms with Gasteiger partial charge in [-0.15, -0.1) is 0 Å². The Balaban J connectivity index is 2.22. The van der Waals surface area contributed by atoms with Crippen molar-refractivity contribution in [3.8, 4) is 11.4 Å². The number of hydrogen-bond donors (Lipinski definition) is 1. The summed E-state index contributed by atoms with van der Waals surface area (Å²) in [5.41, 5.74) is -2.41. The zero-order valence-electron chi connectivity index (χ0n) is 15.1. The van der Waals surface area contributed by atoms with Crippen molar-refractivity contribution in [3.05, 3.63) is 35.7 Å². The van der Waals surface area contributed by atoms with Gasteiger partial charge in [-0.3, -0.25) is 0 Å². The number of carbonyl (C=O) groups is 1. The van der Waals surface area contributed by atoms with E-state index in [-0.39, 0.29) is 17.3 Å². The minimum Gasteiger partial charge on any atom is -0.444 e. The normalized spacial score (nSPS) is 12.8. The van der Waals surface area contributed by atoms with Gasteiger partial charge in [0.05, 0.1) is 5.56 Å². The third kappa shape index (κ3) is 4.96. The summed E-state index contributed by atoms with van der Waals surface area (Å²) in [5, 5.41) is 6.30. The fourth-order valence-electron chi connectivity index (χ4n) is 2.04. The van der Waals surface area contributed by atoms with Crippen LogP contribution in [0.5, 0.6) is 0 Å². The number of nitrogens with zero attached hydrogens (tertiary/aromatic N) is 2. The molecule has 0 bridgehead atoms. The van der Waals surface area contributed by atoms with Crippen molar-refractivity contribution in [2.75, 3.05) is 0 Å². The molecule has 142 valence electrons. The largest absolute Gasteiger partial charge is 0.444 e. The van der Waals surface area contributed by atoms with Gasteiger partial charge < -0.3 is 14.6 Å². The minimum absolute atomic E-state index is 0.00911. The molecule has 9 heteroatoms. The molecule has 0 fully saturated rings. The van der Waals surface area contributed by atoms with Crippen LogP contribution in [0.25, 0.3) is 11.4 Å². The fourth-order valence-corrected chi connectivity index (χ4v) is 2.04. The molecule has 0 aliphatic carbocycles. The van der Waals surface area contributed by atoms with E-state index in [1.165, 1.54) is 12.1 Å². The molecule has 1 heterocycles. The molecule has 0 atom stereocenters. The average molecular weight is 371 g/mol. The number of nitrogens with one attached hydrogen (secondary N) is 1. The lowest BCUT2D eigenvalue weighted by molar-refractivity contribution is -0.137. The number of amides is 1. The molecule has 2 aromatic rings. The van der Waals surface area contributed by atoms with Crippen molar-refractivity contribution in [3.63, 3.8) is 0 Å². The van der Waals surface area contributed by atoms with Crippen LogP contribution in [0.4, 0.5) is 18.0 Å². The second-order valence-electron chi connectivity index (χ2n) is 7.25. The Kier molecular flexibility index (Phi) is 5.03. The molecule has 0 aliphatic rings. The van der Waals surface area contributed by atoms with Crippen LogP contribution < -0.4 is 5.32 Å². The lowest BCUT2D eigenvalue weighted by Gasteiger charge is -2.25. The molecule has 0 saturated carbocycles. The number of alkyl carbamates (subject to hydrolysis) is 1. The van der Waals surface area contributed by atoms with E-state index < -0.39 is 29.0 Å². The Morgan fingerprint density at radius 1 is 1.15 bits per heavy atom. The summed E-state index contributed by atoms with van der Waals surface area (Å²) in [4.78, 5) is 16.0. The highest BCUT2D eigenvalue weighted by Crippen LogP contribution is 2.32. The minimum atomic E-state index is -4.47. The van der Waals surface area contributed by atoms with Gasteiger partial charge in [0.25, 0.3) is 5.89 Å². The number of carbonyl (C=O) groups excluding carboxylic acids is 1. The van der Waals surface area contributed by atoms with Crippen LogP contribution in [-0.4, -0.2) is 21.8 Å². The van der Waals surface area contributed by atoms with Crippen LogP contribution in [-0.2, 0) is 16.5 Å². The van der Waals surface area contributed by atoms with Gasteiger partial charge in [0.1, 0.15) is 11.1 Å². The second kappa shape index (κ2) is 6.62. The van der Waals surface area contributed by atoms with E-state index in [0.29, 0.717) is 0 Å². The molecule has 1 aromatic carbocycles. The summed E-state index contributed by atoms with van der Waals surface area (Å²) < 4.78 is 48.8. The smallest absolute Gasteiger partial charge is 0.416 e. The molecular weight excluding hydrogens is 351 g/mol. The first-order chi connectivity index (χ1) is 11.8. The molecule has 0 spiro atoms. The second-order valence-corrected chi connectivity index (χ2v) is 7.25. The van der Waals surface area contributed by atoms with Gasteiger partial charge in [-0.1, -0.05) is 17.3 Å². The number of benzene rings is 1. The maximum absolute atomic E-state index is 12.8. The molecule has 0 unspecified atom stereocenters. The van der Waals surface area contributed by atoms with Crippen molar-refractivity contribution in [1.82, 2.24) is 15.5 Å². The van der Waals surface area contributed by atoms with Gasteiger partial charge in [0, 0.05) is 5.56 Å². The first-order valence-electron chi connectivity index (χ1n) is 7.81. The van der Waals surface area contributed by atoms with E-state index >= 15 is 0 Å². The highest BCUT2D eigenvalue weighted by molar-refractivity contribution is 5.68. The van der Waals surface area contributed by atoms with Gasteiger partial charge in [0.15, 0.2) is 0 Å². The van der Waals surface area contributed by atoms with Gasteiger partial charge in [-0.2, -0.15) is 18.2 Å². The lowest BCUT2D eigenvalue weighted by Crippen LogP contribution is -2.44. The quantitative estimate of drug-likeness (QED) is 0.859. The third-order valence-electron chi connectivity index (χ3n) is 3.22. The topological polar surface area (TPSA) is 77.2 Å². The first-order valence-corrected chi connectivity index (χ1v) is 7.81. The number of rotatable bonds is 3. The van der Waals surface area contributed by atoms with E-state index in [9.17, 15) is 18.0 Å². The molecule has 0 radical (unpaired) electrons. The molecule has 0 saturated heterocycles. The molecule has 0 aliphatic heterocycles. The van der Waals surface area contributed by atoms with E-state index in [0.717, 1.165) is 12.1 Å². The zero-order chi connectivity index (χ0) is 19.8. The highest BCUT2D eigenvalue weighted by Gasteiger charge is 2.33. The molecule has 26 heavy (non-hydrogen) atoms. The lowest BCUT2D eigenvalue weighted by atomic mass is 10.1. The molecule has 1 N–H and O–H groups in total. The Hall–Kier alpha value is -2.58. The average Bonchev–Trinajstić information content (AvgIpc) is 2.94. The summed E-state index contributed by atoms with van der Waals surface area (Å²) in [5.74, 6) is 0.0286. The third-order valence-corrected chi connectivity index (χ3v) is 3.22. The summed E-state index contributed by atoms with van der Waals surface area (Å²) in [7, 11) is 0. The highest BCUT2D eigenvalue weighted by atomic mass is 19.4. The van der Waals surface area contributed by atoms with Crippen LogP contribution in [0.1, 0.15) is 46.1 Å². The maximum atomic E-state index is 12.8. The molecule has 1 aromatic heterocycles. The van der Waals surface area contributed by atoms with E-state index in [1.54, 1.807) is 34.6 Å². The van der Waals surface area contributed by atoms with E-state index in [4.69, 9.17) is 9.26 Å². The van der Waals surface area contributed by atoms with Crippen LogP contribution in [0, 0.1) is 0 Å². The van der Waals surface area contributed by atoms with Crippen molar-refractivity contribution < 1.29 is 27.2 Å². The SMILES string of the molecule is CC(C)(C)OC(=O)NC(C)(C)c1nc(-c2cccc(C(F)(F)F)c2)no1. The Bertz CT molecular complexity index is 792. The van der Waals surface area contributed by atoms with Crippen molar-refractivity contribution in [1.29, 1.82) is 0 Å². The van der Waals surface area contributed by atoms with Crippen LogP contribution in [0.3, 0.4) is 0 Å². The Morgan fingerprint density at radius 2 is 1.81 bits per heavy atom. The van der Waals surface area contributed by atoms with Crippen molar-refractivity contribution in [2.24, 2.45) is 0 Å². The van der Waals surface area contributed by atoms with Crippen LogP contribution in [0.2, 0.25) is 0 Å². The van der Waals surface area contributed by atoms with Crippen LogP contribution in [0.15, 0.2) is 28.8 Å². The summed E-state index contributed by atoms with van der Waals surface area (Å²) in [6.07, 6.45) is -5.15. The predicted octanol–water partition coefficient (Wildman–Crippen LogP) is 4.52. The van der Waals surface area contributed by atoms with Gasteiger partial charge in [-0.05, 0) is 46.8 Å². The van der Waals surface area contributed by atoms with E-state index in [1.807, 2.05) is 0 Å². The fraction of sp³-hybridized carbons (Fsp3) is 0.471. The summed E-state index contributed by atoms with van der Waals surface area (Å²) in [6.45, 7) is 8.38. The number of ether oxygens (including phenoxy) is 1. The van der Waals surface area contributed by atoms with Crippen LogP contribution >= 0.6 is 0 Å². The number of hydrogen-bond acceptors (Lipinski definition) is 5. The standard InChI is InChI=1S/C17H20F3N3O3/c1-15(2,3)25-14(24)22-16(4,5)13-21-12(23-26-13)10-7-6-8-11(9-10)17(18,19)20/h6-9H,1-5H3,(H,22,24). The predicted molar refractivity (Wildman–Crippen MR) is 87.1 cm³/mol. The maximum Gasteiger partial charge on any atom is 0.416 e. The number of halogens is 3. The van der Waals surface area contributed by atoms with Gasteiger partial charge in [-0.25, -0.2) is 4.79 Å². The van der Waals surface area contributed by atoms with Crippen molar-refractivity contribution in [2.45, 2.75) is 51.9 Å². The molecular formula is C17H20F3N3O3. The number of alkyl halides is 3. The first kappa shape index (κ1) is 19.7.